The molecule has 0 bridgehead atoms. The predicted molar refractivity (Wildman–Crippen MR) is 225 cm³/mol. The summed E-state index contributed by atoms with van der Waals surface area (Å²) in [4.78, 5) is 2.39. The molecule has 0 unspecified atom stereocenters. The Kier molecular flexibility index (Phi) is 7.26. The van der Waals surface area contributed by atoms with E-state index in [4.69, 9.17) is 0 Å². The minimum atomic E-state index is 1.12. The summed E-state index contributed by atoms with van der Waals surface area (Å²) in [6.45, 7) is 4.48. The first kappa shape index (κ1) is 30.9. The van der Waals surface area contributed by atoms with Gasteiger partial charge in [-0.25, -0.2) is 0 Å². The van der Waals surface area contributed by atoms with Crippen LogP contribution in [0.3, 0.4) is 0 Å². The SMILES string of the molecule is Cc1cc(N(c2ccccc2)c2ccc(-n3c4ccccc4c4ccccc43)cc2)c(C)cc1-c1ccc2c(c1)c1ccccc1n2-c1ccccc1. The average molecular weight is 680 g/mol. The minimum absolute atomic E-state index is 1.12. The first-order valence-corrected chi connectivity index (χ1v) is 18.3. The lowest BCUT2D eigenvalue weighted by Gasteiger charge is -2.28. The number of nitrogens with zero attached hydrogens (tertiary/aromatic N) is 3. The van der Waals surface area contributed by atoms with E-state index >= 15 is 0 Å². The summed E-state index contributed by atoms with van der Waals surface area (Å²) in [5, 5.41) is 5.06. The number of anilines is 3. The zero-order valence-electron chi connectivity index (χ0n) is 29.7. The molecular weight excluding hydrogens is 643 g/mol. The van der Waals surface area contributed by atoms with Crippen molar-refractivity contribution in [3.05, 3.63) is 199 Å². The maximum absolute atomic E-state index is 2.39. The third kappa shape index (κ3) is 5.04. The van der Waals surface area contributed by atoms with Gasteiger partial charge in [-0.3, -0.25) is 0 Å². The van der Waals surface area contributed by atoms with E-state index in [2.05, 4.69) is 216 Å². The number of aromatic nitrogens is 2. The van der Waals surface area contributed by atoms with Crippen molar-refractivity contribution in [2.24, 2.45) is 0 Å². The van der Waals surface area contributed by atoms with E-state index in [1.54, 1.807) is 0 Å². The quantitative estimate of drug-likeness (QED) is 0.170. The fraction of sp³-hybridized carbons (Fsp3) is 0.0400. The molecule has 10 aromatic rings. The number of benzene rings is 8. The molecule has 53 heavy (non-hydrogen) atoms. The van der Waals surface area contributed by atoms with Gasteiger partial charge >= 0.3 is 0 Å². The Morgan fingerprint density at radius 2 is 0.830 bits per heavy atom. The van der Waals surface area contributed by atoms with Crippen molar-refractivity contribution in [3.8, 4) is 22.5 Å². The lowest BCUT2D eigenvalue weighted by atomic mass is 9.95. The Balaban J connectivity index is 1.08. The Labute approximate surface area is 309 Å². The molecule has 0 N–H and O–H groups in total. The van der Waals surface area contributed by atoms with Crippen LogP contribution >= 0.6 is 0 Å². The van der Waals surface area contributed by atoms with Crippen molar-refractivity contribution < 1.29 is 0 Å². The maximum atomic E-state index is 2.39. The normalized spacial score (nSPS) is 11.6. The lowest BCUT2D eigenvalue weighted by molar-refractivity contribution is 1.17. The van der Waals surface area contributed by atoms with Gasteiger partial charge in [-0.15, -0.1) is 0 Å². The van der Waals surface area contributed by atoms with Crippen molar-refractivity contribution in [2.75, 3.05) is 4.90 Å². The molecule has 3 heteroatoms. The van der Waals surface area contributed by atoms with Gasteiger partial charge in [-0.1, -0.05) is 97.1 Å². The van der Waals surface area contributed by atoms with Gasteiger partial charge in [0.25, 0.3) is 0 Å². The van der Waals surface area contributed by atoms with E-state index in [-0.39, 0.29) is 0 Å². The second-order valence-corrected chi connectivity index (χ2v) is 13.9. The third-order valence-corrected chi connectivity index (χ3v) is 10.7. The van der Waals surface area contributed by atoms with E-state index in [1.807, 2.05) is 0 Å². The second-order valence-electron chi connectivity index (χ2n) is 13.9. The summed E-state index contributed by atoms with van der Waals surface area (Å²) in [5.41, 5.74) is 15.5. The van der Waals surface area contributed by atoms with Crippen molar-refractivity contribution in [1.82, 2.24) is 9.13 Å². The number of fused-ring (bicyclic) bond motifs is 6. The van der Waals surface area contributed by atoms with E-state index in [9.17, 15) is 0 Å². The summed E-state index contributed by atoms with van der Waals surface area (Å²) in [6.07, 6.45) is 0. The molecule has 0 aliphatic rings. The highest BCUT2D eigenvalue weighted by atomic mass is 15.1. The van der Waals surface area contributed by atoms with E-state index in [0.717, 1.165) is 17.1 Å². The molecule has 0 atom stereocenters. The molecule has 0 fully saturated rings. The molecular formula is C50H37N3. The number of hydrogen-bond acceptors (Lipinski definition) is 1. The topological polar surface area (TPSA) is 13.1 Å². The molecule has 0 aliphatic heterocycles. The second kappa shape index (κ2) is 12.4. The fourth-order valence-corrected chi connectivity index (χ4v) is 8.30. The van der Waals surface area contributed by atoms with E-state index in [1.165, 1.54) is 77.2 Å². The number of hydrogen-bond donors (Lipinski definition) is 0. The highest BCUT2D eigenvalue weighted by Gasteiger charge is 2.19. The Morgan fingerprint density at radius 1 is 0.358 bits per heavy atom. The number of rotatable bonds is 6. The molecule has 0 saturated carbocycles. The van der Waals surface area contributed by atoms with Crippen LogP contribution in [0.1, 0.15) is 11.1 Å². The lowest BCUT2D eigenvalue weighted by Crippen LogP contribution is -2.12. The van der Waals surface area contributed by atoms with Gasteiger partial charge in [0, 0.05) is 50.0 Å². The Hall–Kier alpha value is -6.84. The van der Waals surface area contributed by atoms with Crippen LogP contribution in [0.4, 0.5) is 17.1 Å². The molecule has 10 rings (SSSR count). The summed E-state index contributed by atoms with van der Waals surface area (Å²) in [5.74, 6) is 0. The molecule has 3 nitrogen and oxygen atoms in total. The third-order valence-electron chi connectivity index (χ3n) is 10.7. The maximum Gasteiger partial charge on any atom is 0.0541 e. The smallest absolute Gasteiger partial charge is 0.0541 e. The van der Waals surface area contributed by atoms with E-state index < -0.39 is 0 Å². The minimum Gasteiger partial charge on any atom is -0.310 e. The molecule has 0 spiro atoms. The standard InChI is InChI=1S/C50H37N3/c1-34-32-50(35(2)31-44(34)36-25-30-49-45(33-36)43-21-11-14-24-48(43)52(49)38-17-7-4-8-18-38)51(37-15-5-3-6-16-37)39-26-28-40(29-27-39)53-46-22-12-9-19-41(46)42-20-10-13-23-47(42)53/h3-33H,1-2H3. The Bertz CT molecular complexity index is 2900. The number of aryl methyl sites for hydroxylation is 2. The molecule has 2 aromatic heterocycles. The van der Waals surface area contributed by atoms with Crippen LogP contribution in [0, 0.1) is 13.8 Å². The van der Waals surface area contributed by atoms with Gasteiger partial charge in [0.05, 0.1) is 22.1 Å². The van der Waals surface area contributed by atoms with Crippen molar-refractivity contribution >= 4 is 60.7 Å². The van der Waals surface area contributed by atoms with Crippen molar-refractivity contribution in [1.29, 1.82) is 0 Å². The summed E-state index contributed by atoms with van der Waals surface area (Å²) < 4.78 is 4.75. The summed E-state index contributed by atoms with van der Waals surface area (Å²) in [6, 6.07) is 68.1. The monoisotopic (exact) mass is 679 g/mol. The fourth-order valence-electron chi connectivity index (χ4n) is 8.30. The van der Waals surface area contributed by atoms with Crippen molar-refractivity contribution in [3.63, 3.8) is 0 Å². The van der Waals surface area contributed by atoms with Gasteiger partial charge in [-0.05, 0) is 127 Å². The highest BCUT2D eigenvalue weighted by Crippen LogP contribution is 2.42. The summed E-state index contributed by atoms with van der Waals surface area (Å²) >= 11 is 0. The largest absolute Gasteiger partial charge is 0.310 e. The van der Waals surface area contributed by atoms with Gasteiger partial charge < -0.3 is 14.0 Å². The molecule has 8 aromatic carbocycles. The molecule has 0 aliphatic carbocycles. The van der Waals surface area contributed by atoms with Crippen LogP contribution < -0.4 is 4.90 Å². The molecule has 252 valence electrons. The zero-order valence-corrected chi connectivity index (χ0v) is 29.7. The molecule has 2 heterocycles. The Morgan fingerprint density at radius 3 is 1.43 bits per heavy atom. The van der Waals surface area contributed by atoms with Crippen LogP contribution in [0.25, 0.3) is 66.1 Å². The van der Waals surface area contributed by atoms with Crippen LogP contribution in [0.5, 0.6) is 0 Å². The van der Waals surface area contributed by atoms with Crippen LogP contribution in [-0.4, -0.2) is 9.13 Å². The van der Waals surface area contributed by atoms with E-state index in [0.29, 0.717) is 0 Å². The molecule has 0 saturated heterocycles. The average Bonchev–Trinajstić information content (AvgIpc) is 3.73. The number of para-hydroxylation sites is 5. The van der Waals surface area contributed by atoms with Gasteiger partial charge in [-0.2, -0.15) is 0 Å². The molecule has 0 radical (unpaired) electrons. The summed E-state index contributed by atoms with van der Waals surface area (Å²) in [7, 11) is 0. The van der Waals surface area contributed by atoms with Gasteiger partial charge in [0.1, 0.15) is 0 Å². The first-order valence-electron chi connectivity index (χ1n) is 18.3. The van der Waals surface area contributed by atoms with Gasteiger partial charge in [0.15, 0.2) is 0 Å². The molecule has 0 amide bonds. The predicted octanol–water partition coefficient (Wildman–Crippen LogP) is 13.6. The highest BCUT2D eigenvalue weighted by molar-refractivity contribution is 6.11. The van der Waals surface area contributed by atoms with Crippen LogP contribution in [0.15, 0.2) is 188 Å². The first-order chi connectivity index (χ1) is 26.1. The van der Waals surface area contributed by atoms with Crippen LogP contribution in [-0.2, 0) is 0 Å². The van der Waals surface area contributed by atoms with Gasteiger partial charge in [0.2, 0.25) is 0 Å². The zero-order chi connectivity index (χ0) is 35.5. The van der Waals surface area contributed by atoms with Crippen LogP contribution in [0.2, 0.25) is 0 Å². The van der Waals surface area contributed by atoms with Crippen molar-refractivity contribution in [2.45, 2.75) is 13.8 Å².